The zero-order valence-electron chi connectivity index (χ0n) is 21.4. The van der Waals surface area contributed by atoms with Gasteiger partial charge in [-0.05, 0) is 87.1 Å². The van der Waals surface area contributed by atoms with Gasteiger partial charge in [0.25, 0.3) is 15.9 Å². The van der Waals surface area contributed by atoms with Gasteiger partial charge in [0.1, 0.15) is 11.3 Å². The fourth-order valence-electron chi connectivity index (χ4n) is 4.80. The number of aryl methyl sites for hydroxylation is 4. The minimum Gasteiger partial charge on any atom is -0.484 e. The highest BCUT2D eigenvalue weighted by molar-refractivity contribution is 7.92. The van der Waals surface area contributed by atoms with Crippen molar-refractivity contribution in [2.75, 3.05) is 16.6 Å². The van der Waals surface area contributed by atoms with Crippen molar-refractivity contribution in [2.45, 2.75) is 44.9 Å². The number of amides is 1. The van der Waals surface area contributed by atoms with Crippen LogP contribution in [0.4, 0.5) is 11.4 Å². The van der Waals surface area contributed by atoms with E-state index in [-0.39, 0.29) is 17.1 Å². The fraction of sp³-hybridized carbons (Fsp3) is 0.241. The van der Waals surface area contributed by atoms with Crippen molar-refractivity contribution < 1.29 is 22.4 Å². The maximum atomic E-state index is 13.1. The summed E-state index contributed by atoms with van der Waals surface area (Å²) in [4.78, 5) is 24.9. The molecule has 0 fully saturated rings. The van der Waals surface area contributed by atoms with E-state index in [4.69, 9.17) is 9.15 Å². The van der Waals surface area contributed by atoms with Crippen LogP contribution in [0.25, 0.3) is 11.0 Å². The standard InChI is InChI=1S/C29H28N2O6S/c1-17-7-12-25(19(3)13-17)31-38(34,35)27-14-20(9-8-18(27)2)30-28(32)16-36-21-10-11-23-22-5-4-6-24(22)29(33)37-26(23)15-21/h7-15,31H,4-6,16H2,1-3H3,(H,30,32). The normalized spacial score (nSPS) is 12.8. The van der Waals surface area contributed by atoms with E-state index in [1.165, 1.54) is 6.07 Å². The van der Waals surface area contributed by atoms with Crippen LogP contribution in [0.2, 0.25) is 0 Å². The maximum Gasteiger partial charge on any atom is 0.339 e. The molecule has 1 aliphatic rings. The molecule has 1 heterocycles. The Morgan fingerprint density at radius 1 is 0.947 bits per heavy atom. The highest BCUT2D eigenvalue weighted by Crippen LogP contribution is 2.30. The molecule has 4 aromatic rings. The summed E-state index contributed by atoms with van der Waals surface area (Å²) in [5.41, 5.74) is 5.08. The molecule has 2 N–H and O–H groups in total. The first-order chi connectivity index (χ1) is 18.1. The second kappa shape index (κ2) is 9.98. The third-order valence-electron chi connectivity index (χ3n) is 6.70. The minimum atomic E-state index is -3.89. The lowest BCUT2D eigenvalue weighted by molar-refractivity contribution is -0.118. The lowest BCUT2D eigenvalue weighted by atomic mass is 10.1. The third-order valence-corrected chi connectivity index (χ3v) is 8.21. The molecule has 1 aliphatic carbocycles. The van der Waals surface area contributed by atoms with Crippen LogP contribution >= 0.6 is 0 Å². The first kappa shape index (κ1) is 25.5. The predicted molar refractivity (Wildman–Crippen MR) is 147 cm³/mol. The first-order valence-corrected chi connectivity index (χ1v) is 13.8. The molecule has 196 valence electrons. The molecule has 0 bridgehead atoms. The Morgan fingerprint density at radius 3 is 2.53 bits per heavy atom. The summed E-state index contributed by atoms with van der Waals surface area (Å²) >= 11 is 0. The van der Waals surface area contributed by atoms with Crippen molar-refractivity contribution in [3.05, 3.63) is 92.8 Å². The van der Waals surface area contributed by atoms with E-state index >= 15 is 0 Å². The number of benzene rings is 3. The summed E-state index contributed by atoms with van der Waals surface area (Å²) in [6.07, 6.45) is 2.51. The number of fused-ring (bicyclic) bond motifs is 3. The highest BCUT2D eigenvalue weighted by atomic mass is 32.2. The van der Waals surface area contributed by atoms with E-state index in [0.717, 1.165) is 46.9 Å². The molecule has 0 atom stereocenters. The Bertz CT molecular complexity index is 1740. The van der Waals surface area contributed by atoms with Crippen LogP contribution < -0.4 is 20.4 Å². The van der Waals surface area contributed by atoms with Gasteiger partial charge in [-0.25, -0.2) is 13.2 Å². The van der Waals surface area contributed by atoms with Gasteiger partial charge in [-0.1, -0.05) is 23.8 Å². The first-order valence-electron chi connectivity index (χ1n) is 12.3. The number of ether oxygens (including phenoxy) is 1. The Kier molecular flexibility index (Phi) is 6.71. The minimum absolute atomic E-state index is 0.0632. The Hall–Kier alpha value is -4.11. The lowest BCUT2D eigenvalue weighted by Crippen LogP contribution is -2.21. The van der Waals surface area contributed by atoms with Crippen molar-refractivity contribution in [1.29, 1.82) is 0 Å². The van der Waals surface area contributed by atoms with E-state index in [2.05, 4.69) is 10.0 Å². The smallest absolute Gasteiger partial charge is 0.339 e. The van der Waals surface area contributed by atoms with Crippen molar-refractivity contribution >= 4 is 38.3 Å². The average Bonchev–Trinajstić information content (AvgIpc) is 3.36. The zero-order valence-corrected chi connectivity index (χ0v) is 22.2. The highest BCUT2D eigenvalue weighted by Gasteiger charge is 2.21. The van der Waals surface area contributed by atoms with Crippen LogP contribution in [0.15, 0.2) is 68.7 Å². The number of nitrogens with one attached hydrogen (secondary N) is 2. The number of carbonyl (C=O) groups excluding carboxylic acids is 1. The third kappa shape index (κ3) is 5.15. The Balaban J connectivity index is 1.28. The van der Waals surface area contributed by atoms with Gasteiger partial charge in [0.05, 0.1) is 10.6 Å². The van der Waals surface area contributed by atoms with Gasteiger partial charge in [0.15, 0.2) is 6.61 Å². The molecule has 0 saturated heterocycles. The summed E-state index contributed by atoms with van der Waals surface area (Å²) in [6.45, 7) is 5.16. The van der Waals surface area contributed by atoms with Gasteiger partial charge in [-0.3, -0.25) is 9.52 Å². The molecule has 0 saturated carbocycles. The Labute approximate surface area is 220 Å². The van der Waals surface area contributed by atoms with Crippen LogP contribution in [0, 0.1) is 20.8 Å². The summed E-state index contributed by atoms with van der Waals surface area (Å²) < 4.78 is 40.0. The average molecular weight is 533 g/mol. The van der Waals surface area contributed by atoms with E-state index < -0.39 is 15.9 Å². The quantitative estimate of drug-likeness (QED) is 0.323. The number of sulfonamides is 1. The van der Waals surface area contributed by atoms with Crippen molar-refractivity contribution in [3.63, 3.8) is 0 Å². The molecule has 1 aromatic heterocycles. The second-order valence-electron chi connectivity index (χ2n) is 9.60. The molecule has 5 rings (SSSR count). The van der Waals surface area contributed by atoms with Gasteiger partial charge in [0, 0.05) is 22.7 Å². The van der Waals surface area contributed by atoms with Crippen LogP contribution in [0.1, 0.15) is 34.2 Å². The molecular formula is C29H28N2O6S. The number of carbonyl (C=O) groups is 1. The molecule has 0 radical (unpaired) electrons. The zero-order chi connectivity index (χ0) is 27.0. The predicted octanol–water partition coefficient (Wildman–Crippen LogP) is 5.03. The van der Waals surface area contributed by atoms with Gasteiger partial charge in [-0.2, -0.15) is 0 Å². The number of hydrogen-bond acceptors (Lipinski definition) is 6. The van der Waals surface area contributed by atoms with E-state index in [9.17, 15) is 18.0 Å². The van der Waals surface area contributed by atoms with Gasteiger partial charge < -0.3 is 14.5 Å². The van der Waals surface area contributed by atoms with Crippen molar-refractivity contribution in [2.24, 2.45) is 0 Å². The molecule has 0 spiro atoms. The van der Waals surface area contributed by atoms with Crippen molar-refractivity contribution in [1.82, 2.24) is 0 Å². The summed E-state index contributed by atoms with van der Waals surface area (Å²) in [5, 5.41) is 3.57. The van der Waals surface area contributed by atoms with Crippen LogP contribution in [-0.2, 0) is 27.7 Å². The molecule has 1 amide bonds. The van der Waals surface area contributed by atoms with Crippen molar-refractivity contribution in [3.8, 4) is 5.75 Å². The second-order valence-corrected chi connectivity index (χ2v) is 11.2. The Morgan fingerprint density at radius 2 is 1.74 bits per heavy atom. The molecule has 38 heavy (non-hydrogen) atoms. The molecule has 0 aliphatic heterocycles. The van der Waals surface area contributed by atoms with Gasteiger partial charge in [0.2, 0.25) is 0 Å². The monoisotopic (exact) mass is 532 g/mol. The van der Waals surface area contributed by atoms with Crippen LogP contribution in [0.3, 0.4) is 0 Å². The molecule has 9 heteroatoms. The fourth-order valence-corrected chi connectivity index (χ4v) is 6.20. The van der Waals surface area contributed by atoms with Crippen LogP contribution in [0.5, 0.6) is 5.75 Å². The molecule has 0 unspecified atom stereocenters. The van der Waals surface area contributed by atoms with E-state index in [1.54, 1.807) is 37.3 Å². The number of rotatable bonds is 7. The number of hydrogen-bond donors (Lipinski definition) is 2. The van der Waals surface area contributed by atoms with Gasteiger partial charge in [-0.15, -0.1) is 0 Å². The topological polar surface area (TPSA) is 115 Å². The van der Waals surface area contributed by atoms with E-state index in [1.807, 2.05) is 32.0 Å². The largest absolute Gasteiger partial charge is 0.484 e. The summed E-state index contributed by atoms with van der Waals surface area (Å²) in [5.74, 6) is -0.0753. The van der Waals surface area contributed by atoms with E-state index in [0.29, 0.717) is 28.3 Å². The summed E-state index contributed by atoms with van der Waals surface area (Å²) in [6, 6.07) is 15.3. The maximum absolute atomic E-state index is 13.1. The molecule has 8 nitrogen and oxygen atoms in total. The number of anilines is 2. The lowest BCUT2D eigenvalue weighted by Gasteiger charge is -2.14. The SMILES string of the molecule is Cc1ccc(NS(=O)(=O)c2cc(NC(=O)COc3ccc4c5c(c(=O)oc4c3)CCC5)ccc2C)c(C)c1. The summed E-state index contributed by atoms with van der Waals surface area (Å²) in [7, 11) is -3.89. The molecule has 3 aromatic carbocycles. The van der Waals surface area contributed by atoms with Gasteiger partial charge >= 0.3 is 5.63 Å². The molecular weight excluding hydrogens is 504 g/mol. The van der Waals surface area contributed by atoms with Crippen LogP contribution in [-0.4, -0.2) is 20.9 Å².